The lowest BCUT2D eigenvalue weighted by Gasteiger charge is -2.18. The third kappa shape index (κ3) is 13.4. The van der Waals surface area contributed by atoms with Crippen molar-refractivity contribution < 1.29 is 19.8 Å². The summed E-state index contributed by atoms with van der Waals surface area (Å²) in [6.45, 7) is 15.5. The van der Waals surface area contributed by atoms with Crippen molar-refractivity contribution in [2.45, 2.75) is 86.5 Å². The Morgan fingerprint density at radius 3 is 1.72 bits per heavy atom. The molecule has 2 aromatic heterocycles. The predicted molar refractivity (Wildman–Crippen MR) is 149 cm³/mol. The number of halogens is 1. The number of H-pyrrole nitrogens is 1. The molecular formula is C27H43BrN2O6. The van der Waals surface area contributed by atoms with E-state index in [4.69, 9.17) is 5.11 Å². The quantitative estimate of drug-likeness (QED) is 0.369. The maximum absolute atomic E-state index is 11.8. The van der Waals surface area contributed by atoms with E-state index in [1.807, 2.05) is 55.4 Å². The average molecular weight is 572 g/mol. The van der Waals surface area contributed by atoms with Gasteiger partial charge in [-0.15, -0.1) is 0 Å². The van der Waals surface area contributed by atoms with Crippen molar-refractivity contribution in [3.8, 4) is 0 Å². The van der Waals surface area contributed by atoms with Gasteiger partial charge in [-0.25, -0.2) is 4.79 Å². The molecule has 9 heteroatoms. The fourth-order valence-corrected chi connectivity index (χ4v) is 3.68. The first-order chi connectivity index (χ1) is 16.1. The molecule has 0 amide bonds. The zero-order chi connectivity index (χ0) is 27.5. The van der Waals surface area contributed by atoms with E-state index in [-0.39, 0.29) is 29.3 Å². The number of carboxylic acid groups (broad SMARTS) is 2. The van der Waals surface area contributed by atoms with Crippen molar-refractivity contribution in [1.29, 1.82) is 0 Å². The van der Waals surface area contributed by atoms with Crippen molar-refractivity contribution in [3.05, 3.63) is 67.5 Å². The summed E-state index contributed by atoms with van der Waals surface area (Å²) in [6.07, 6.45) is 4.50. The van der Waals surface area contributed by atoms with E-state index >= 15 is 0 Å². The summed E-state index contributed by atoms with van der Waals surface area (Å²) in [5, 5.41) is 17.6. The highest BCUT2D eigenvalue weighted by Crippen LogP contribution is 2.17. The second kappa shape index (κ2) is 16.9. The van der Waals surface area contributed by atoms with Crippen LogP contribution in [0, 0.1) is 39.5 Å². The minimum absolute atomic E-state index is 0. The maximum Gasteiger partial charge on any atom is 0.326 e. The summed E-state index contributed by atoms with van der Waals surface area (Å²) in [4.78, 5) is 46.0. The number of hydrogen-bond acceptors (Lipinski definition) is 4. The van der Waals surface area contributed by atoms with Gasteiger partial charge in [-0.3, -0.25) is 14.4 Å². The molecule has 36 heavy (non-hydrogen) atoms. The SMILES string of the molecule is C.CC(C)C[C@@H](Br)C(=O)O.Cc1c[nH]c(=O)cc1C.Cc1cc(=O)n([C@@H](CC(C)C)C(=O)O)cc1C. The van der Waals surface area contributed by atoms with E-state index in [9.17, 15) is 24.3 Å². The number of aromatic nitrogens is 2. The zero-order valence-corrected chi connectivity index (χ0v) is 23.5. The monoisotopic (exact) mass is 570 g/mol. The van der Waals surface area contributed by atoms with E-state index in [0.717, 1.165) is 22.3 Å². The molecule has 0 fully saturated rings. The fraction of sp³-hybridized carbons (Fsp3) is 0.556. The number of aliphatic carboxylic acids is 2. The summed E-state index contributed by atoms with van der Waals surface area (Å²) in [5.41, 5.74) is 3.70. The van der Waals surface area contributed by atoms with Crippen molar-refractivity contribution in [2.24, 2.45) is 11.8 Å². The molecule has 2 heterocycles. The van der Waals surface area contributed by atoms with Crippen LogP contribution in [-0.2, 0) is 9.59 Å². The first-order valence-corrected chi connectivity index (χ1v) is 12.4. The third-order valence-electron chi connectivity index (χ3n) is 5.21. The van der Waals surface area contributed by atoms with E-state index in [1.165, 1.54) is 10.6 Å². The topological polar surface area (TPSA) is 129 Å². The molecule has 0 radical (unpaired) electrons. The van der Waals surface area contributed by atoms with Crippen LogP contribution in [0.1, 0.15) is 76.3 Å². The number of rotatable bonds is 7. The van der Waals surface area contributed by atoms with Crippen LogP contribution in [0.4, 0.5) is 0 Å². The molecule has 204 valence electrons. The number of aryl methyl sites for hydroxylation is 4. The Morgan fingerprint density at radius 2 is 1.36 bits per heavy atom. The van der Waals surface area contributed by atoms with Gasteiger partial charge in [0.25, 0.3) is 5.56 Å². The summed E-state index contributed by atoms with van der Waals surface area (Å²) in [5.74, 6) is -1.07. The van der Waals surface area contributed by atoms with Crippen LogP contribution in [0.3, 0.4) is 0 Å². The standard InChI is InChI=1S/C13H19NO3.C7H9NO.C6H11BrO2.CH4/c1-8(2)5-11(13(16)17)14-7-10(4)9(3)6-12(14)15;1-5-3-7(9)8-4-6(5)2;1-4(2)3-5(7)6(8)9;/h6-8,11H,5H2,1-4H3,(H,16,17);3-4H,1-2H3,(H,8,9);4-5H,3H2,1-2H3,(H,8,9);1H4/t11-;;5-;/m0.1./s1. The van der Waals surface area contributed by atoms with Gasteiger partial charge in [-0.05, 0) is 74.6 Å². The first-order valence-electron chi connectivity index (χ1n) is 11.5. The number of aromatic amines is 1. The maximum atomic E-state index is 11.8. The predicted octanol–water partition coefficient (Wildman–Crippen LogP) is 5.65. The lowest BCUT2D eigenvalue weighted by Crippen LogP contribution is -2.30. The molecule has 0 aliphatic rings. The molecule has 0 spiro atoms. The number of carboxylic acids is 2. The number of nitrogens with one attached hydrogen (secondary N) is 1. The third-order valence-corrected chi connectivity index (χ3v) is 5.98. The van der Waals surface area contributed by atoms with Gasteiger partial charge >= 0.3 is 11.9 Å². The molecular weight excluding hydrogens is 528 g/mol. The second-order valence-corrected chi connectivity index (χ2v) is 10.6. The molecule has 0 aliphatic carbocycles. The van der Waals surface area contributed by atoms with Crippen LogP contribution >= 0.6 is 15.9 Å². The van der Waals surface area contributed by atoms with Crippen LogP contribution in [0.25, 0.3) is 0 Å². The van der Waals surface area contributed by atoms with Crippen LogP contribution in [0.2, 0.25) is 0 Å². The number of carbonyl (C=O) groups is 2. The largest absolute Gasteiger partial charge is 0.480 e. The van der Waals surface area contributed by atoms with Crippen molar-refractivity contribution in [3.63, 3.8) is 0 Å². The smallest absolute Gasteiger partial charge is 0.326 e. The zero-order valence-electron chi connectivity index (χ0n) is 21.9. The molecule has 0 bridgehead atoms. The molecule has 0 aromatic carbocycles. The Hall–Kier alpha value is -2.68. The van der Waals surface area contributed by atoms with Crippen molar-refractivity contribution in [2.75, 3.05) is 0 Å². The number of alkyl halides is 1. The van der Waals surface area contributed by atoms with Crippen molar-refractivity contribution >= 4 is 27.9 Å². The summed E-state index contributed by atoms with van der Waals surface area (Å²) >= 11 is 3.04. The number of pyridine rings is 2. The van der Waals surface area contributed by atoms with Gasteiger partial charge in [-0.1, -0.05) is 51.1 Å². The van der Waals surface area contributed by atoms with Gasteiger partial charge in [-0.2, -0.15) is 0 Å². The Morgan fingerprint density at radius 1 is 0.861 bits per heavy atom. The number of nitrogens with zero attached hydrogens (tertiary/aromatic N) is 1. The lowest BCUT2D eigenvalue weighted by atomic mass is 10.0. The molecule has 2 rings (SSSR count). The van der Waals surface area contributed by atoms with Gasteiger partial charge in [0.1, 0.15) is 10.9 Å². The Labute approximate surface area is 222 Å². The minimum atomic E-state index is -0.955. The number of hydrogen-bond donors (Lipinski definition) is 3. The Bertz CT molecular complexity index is 1090. The molecule has 0 unspecified atom stereocenters. The highest BCUT2D eigenvalue weighted by Gasteiger charge is 2.22. The normalized spacial score (nSPS) is 11.9. The fourth-order valence-electron chi connectivity index (χ4n) is 2.93. The molecule has 8 nitrogen and oxygen atoms in total. The van der Waals surface area contributed by atoms with Gasteiger partial charge in [0.15, 0.2) is 0 Å². The molecule has 0 aliphatic heterocycles. The van der Waals surface area contributed by atoms with Crippen molar-refractivity contribution in [1.82, 2.24) is 9.55 Å². The summed E-state index contributed by atoms with van der Waals surface area (Å²) in [6, 6.07) is 2.31. The Balaban J connectivity index is 0. The molecule has 2 atom stereocenters. The second-order valence-electron chi connectivity index (χ2n) is 9.47. The van der Waals surface area contributed by atoms with Gasteiger partial charge in [0, 0.05) is 24.5 Å². The highest BCUT2D eigenvalue weighted by molar-refractivity contribution is 9.10. The van der Waals surface area contributed by atoms with Gasteiger partial charge in [0.2, 0.25) is 5.56 Å². The van der Waals surface area contributed by atoms with E-state index in [1.54, 1.807) is 18.5 Å². The van der Waals surface area contributed by atoms with Gasteiger partial charge in [0.05, 0.1) is 0 Å². The Kier molecular flexibility index (Phi) is 16.7. The van der Waals surface area contributed by atoms with E-state index in [2.05, 4.69) is 20.9 Å². The van der Waals surface area contributed by atoms with E-state index < -0.39 is 18.0 Å². The van der Waals surface area contributed by atoms with Gasteiger partial charge < -0.3 is 19.8 Å². The highest BCUT2D eigenvalue weighted by atomic mass is 79.9. The van der Waals surface area contributed by atoms with Crippen LogP contribution in [0.15, 0.2) is 34.1 Å². The molecule has 2 aromatic rings. The molecule has 0 saturated carbocycles. The summed E-state index contributed by atoms with van der Waals surface area (Å²) < 4.78 is 1.32. The average Bonchev–Trinajstić information content (AvgIpc) is 2.72. The molecule has 3 N–H and O–H groups in total. The lowest BCUT2D eigenvalue weighted by molar-refractivity contribution is -0.141. The summed E-state index contributed by atoms with van der Waals surface area (Å²) in [7, 11) is 0. The molecule has 0 saturated heterocycles. The van der Waals surface area contributed by atoms with Crippen LogP contribution in [0.5, 0.6) is 0 Å². The minimum Gasteiger partial charge on any atom is -0.480 e. The van der Waals surface area contributed by atoms with Crippen LogP contribution < -0.4 is 11.1 Å². The van der Waals surface area contributed by atoms with Crippen LogP contribution in [-0.4, -0.2) is 36.5 Å². The first kappa shape index (κ1) is 35.5. The van der Waals surface area contributed by atoms with E-state index in [0.29, 0.717) is 18.8 Å².